The lowest BCUT2D eigenvalue weighted by Gasteiger charge is -2.31. The van der Waals surface area contributed by atoms with E-state index in [4.69, 9.17) is 16.2 Å². The lowest BCUT2D eigenvalue weighted by atomic mass is 9.86. The number of nitrogens with one attached hydrogen (secondary N) is 1. The molecule has 7 heteroatoms. The number of nitrogen functional groups attached to an aromatic ring is 2. The highest BCUT2D eigenvalue weighted by molar-refractivity contribution is 6.09. The number of carbonyl (C=O) groups excluding carboxylic acids is 2. The second-order valence-electron chi connectivity index (χ2n) is 7.38. The highest BCUT2D eigenvalue weighted by Gasteiger charge is 2.39. The lowest BCUT2D eigenvalue weighted by molar-refractivity contribution is -0.148. The molecule has 1 aliphatic heterocycles. The van der Waals surface area contributed by atoms with Crippen LogP contribution in [0.3, 0.4) is 0 Å². The van der Waals surface area contributed by atoms with Gasteiger partial charge in [-0.1, -0.05) is 32.3 Å². The molecule has 0 spiro atoms. The number of rotatable bonds is 5. The molecule has 0 bridgehead atoms. The van der Waals surface area contributed by atoms with E-state index in [0.29, 0.717) is 36.0 Å². The van der Waals surface area contributed by atoms with Crippen molar-refractivity contribution < 1.29 is 14.3 Å². The molecule has 1 fully saturated rings. The van der Waals surface area contributed by atoms with Crippen molar-refractivity contribution in [1.82, 2.24) is 5.32 Å². The minimum Gasteiger partial charge on any atom is -0.465 e. The zero-order chi connectivity index (χ0) is 19.4. The summed E-state index contributed by atoms with van der Waals surface area (Å²) in [4.78, 5) is 29.0. The third-order valence-corrected chi connectivity index (χ3v) is 5.49. The van der Waals surface area contributed by atoms with Crippen molar-refractivity contribution in [3.8, 4) is 0 Å². The third-order valence-electron chi connectivity index (χ3n) is 5.49. The van der Waals surface area contributed by atoms with Gasteiger partial charge < -0.3 is 21.5 Å². The van der Waals surface area contributed by atoms with Gasteiger partial charge in [-0.2, -0.15) is 0 Å². The summed E-state index contributed by atoms with van der Waals surface area (Å²) in [7, 11) is 0. The smallest absolute Gasteiger partial charge is 0.341 e. The number of ether oxygens (including phenoxy) is 1. The average Bonchev–Trinajstić information content (AvgIpc) is 2.68. The standard InChI is InChI=1S/C20H28N4O3/c1-2-16-17(19(25)27-11-12-6-4-3-5-7-12)18(24-20(26)23-16)13-8-9-14(21)15(22)10-13/h8-10,12,17-18H,2-7,11,21-22H2,1H3,(H,24,26). The monoisotopic (exact) mass is 372 g/mol. The molecule has 1 heterocycles. The van der Waals surface area contributed by atoms with Crippen LogP contribution in [-0.4, -0.2) is 24.3 Å². The maximum atomic E-state index is 12.9. The first-order valence-corrected chi connectivity index (χ1v) is 9.69. The van der Waals surface area contributed by atoms with Crippen LogP contribution in [-0.2, 0) is 9.53 Å². The molecule has 1 saturated carbocycles. The normalized spacial score (nSPS) is 23.4. The fourth-order valence-corrected chi connectivity index (χ4v) is 3.92. The molecule has 2 aliphatic rings. The Hall–Kier alpha value is -2.57. The number of esters is 1. The predicted molar refractivity (Wildman–Crippen MR) is 105 cm³/mol. The fourth-order valence-electron chi connectivity index (χ4n) is 3.92. The van der Waals surface area contributed by atoms with Gasteiger partial charge in [-0.3, -0.25) is 4.79 Å². The molecule has 2 unspecified atom stereocenters. The number of benzene rings is 1. The molecule has 1 aromatic carbocycles. The number of hydrogen-bond acceptors (Lipinski definition) is 5. The van der Waals surface area contributed by atoms with Crippen molar-refractivity contribution in [3.63, 3.8) is 0 Å². The number of carbonyl (C=O) groups is 2. The number of amides is 2. The van der Waals surface area contributed by atoms with Gasteiger partial charge in [0.1, 0.15) is 5.92 Å². The number of anilines is 2. The summed E-state index contributed by atoms with van der Waals surface area (Å²) in [5.41, 5.74) is 13.8. The summed E-state index contributed by atoms with van der Waals surface area (Å²) >= 11 is 0. The van der Waals surface area contributed by atoms with E-state index in [1.165, 1.54) is 19.3 Å². The van der Waals surface area contributed by atoms with E-state index >= 15 is 0 Å². The Morgan fingerprint density at radius 3 is 2.63 bits per heavy atom. The highest BCUT2D eigenvalue weighted by atomic mass is 16.5. The predicted octanol–water partition coefficient (Wildman–Crippen LogP) is 3.21. The number of urea groups is 1. The van der Waals surface area contributed by atoms with Crippen molar-refractivity contribution in [1.29, 1.82) is 0 Å². The topological polar surface area (TPSA) is 120 Å². The zero-order valence-corrected chi connectivity index (χ0v) is 15.7. The summed E-state index contributed by atoms with van der Waals surface area (Å²) in [5, 5.41) is 2.79. The number of nitrogens with two attached hydrogens (primary N) is 2. The van der Waals surface area contributed by atoms with E-state index in [9.17, 15) is 9.59 Å². The first-order chi connectivity index (χ1) is 13.0. The molecule has 1 aromatic rings. The first-order valence-electron chi connectivity index (χ1n) is 9.69. The van der Waals surface area contributed by atoms with Crippen LogP contribution < -0.4 is 16.8 Å². The zero-order valence-electron chi connectivity index (χ0n) is 15.7. The Balaban J connectivity index is 1.81. The van der Waals surface area contributed by atoms with Crippen molar-refractivity contribution >= 4 is 29.1 Å². The maximum Gasteiger partial charge on any atom is 0.341 e. The summed E-state index contributed by atoms with van der Waals surface area (Å²) < 4.78 is 5.67. The SMILES string of the molecule is CCC1=NC(=O)NC(c2ccc(N)c(N)c2)C1C(=O)OCC1CCCCC1. The molecule has 5 N–H and O–H groups in total. The lowest BCUT2D eigenvalue weighted by Crippen LogP contribution is -2.45. The molecule has 3 rings (SSSR count). The molecule has 0 radical (unpaired) electrons. The Morgan fingerprint density at radius 2 is 1.96 bits per heavy atom. The Bertz CT molecular complexity index is 741. The minimum atomic E-state index is -0.653. The van der Waals surface area contributed by atoms with Crippen molar-refractivity contribution in [2.45, 2.75) is 51.5 Å². The largest absolute Gasteiger partial charge is 0.465 e. The maximum absolute atomic E-state index is 12.9. The van der Waals surface area contributed by atoms with E-state index in [-0.39, 0.29) is 5.97 Å². The second kappa shape index (κ2) is 8.41. The summed E-state index contributed by atoms with van der Waals surface area (Å²) in [6.45, 7) is 2.31. The molecule has 2 atom stereocenters. The van der Waals surface area contributed by atoms with Crippen molar-refractivity contribution in [2.24, 2.45) is 16.8 Å². The number of hydrogen-bond donors (Lipinski definition) is 3. The van der Waals surface area contributed by atoms with Crippen LogP contribution in [0.1, 0.15) is 57.1 Å². The van der Waals surface area contributed by atoms with Gasteiger partial charge in [0.05, 0.1) is 24.0 Å². The van der Waals surface area contributed by atoms with Crippen LogP contribution in [0.2, 0.25) is 0 Å². The summed E-state index contributed by atoms with van der Waals surface area (Å²) in [6.07, 6.45) is 6.33. The highest BCUT2D eigenvalue weighted by Crippen LogP contribution is 2.32. The van der Waals surface area contributed by atoms with Crippen molar-refractivity contribution in [3.05, 3.63) is 23.8 Å². The number of nitrogens with zero attached hydrogens (tertiary/aromatic N) is 1. The van der Waals surface area contributed by atoms with Gasteiger partial charge in [0.2, 0.25) is 0 Å². The van der Waals surface area contributed by atoms with Gasteiger partial charge in [0.25, 0.3) is 0 Å². The third kappa shape index (κ3) is 4.40. The van der Waals surface area contributed by atoms with E-state index in [1.807, 2.05) is 6.92 Å². The summed E-state index contributed by atoms with van der Waals surface area (Å²) in [5.74, 6) is -0.575. The van der Waals surface area contributed by atoms with E-state index in [2.05, 4.69) is 10.3 Å². The van der Waals surface area contributed by atoms with Crippen LogP contribution >= 0.6 is 0 Å². The van der Waals surface area contributed by atoms with Crippen LogP contribution in [0.5, 0.6) is 0 Å². The molecular formula is C20H28N4O3. The number of aliphatic imine (C=N–C) groups is 1. The fraction of sp³-hybridized carbons (Fsp3) is 0.550. The molecule has 1 aliphatic carbocycles. The molecule has 0 aromatic heterocycles. The van der Waals surface area contributed by atoms with Crippen LogP contribution in [0.4, 0.5) is 16.2 Å². The quantitative estimate of drug-likeness (QED) is 0.541. The second-order valence-corrected chi connectivity index (χ2v) is 7.38. The van der Waals surface area contributed by atoms with E-state index in [1.54, 1.807) is 18.2 Å². The van der Waals surface area contributed by atoms with Gasteiger partial charge in [-0.25, -0.2) is 9.79 Å². The Labute approximate surface area is 159 Å². The van der Waals surface area contributed by atoms with Crippen LogP contribution in [0.25, 0.3) is 0 Å². The minimum absolute atomic E-state index is 0.346. The van der Waals surface area contributed by atoms with Crippen LogP contribution in [0, 0.1) is 11.8 Å². The van der Waals surface area contributed by atoms with Gasteiger partial charge in [0, 0.05) is 5.71 Å². The molecule has 0 saturated heterocycles. The molecular weight excluding hydrogens is 344 g/mol. The molecule has 27 heavy (non-hydrogen) atoms. The van der Waals surface area contributed by atoms with Crippen LogP contribution in [0.15, 0.2) is 23.2 Å². The molecule has 146 valence electrons. The van der Waals surface area contributed by atoms with Gasteiger partial charge in [-0.15, -0.1) is 0 Å². The molecule has 7 nitrogen and oxygen atoms in total. The summed E-state index contributed by atoms with van der Waals surface area (Å²) in [6, 6.07) is 4.13. The Kier molecular flexibility index (Phi) is 5.98. The van der Waals surface area contributed by atoms with Gasteiger partial charge in [0.15, 0.2) is 0 Å². The average molecular weight is 372 g/mol. The Morgan fingerprint density at radius 1 is 1.22 bits per heavy atom. The van der Waals surface area contributed by atoms with E-state index < -0.39 is 18.0 Å². The van der Waals surface area contributed by atoms with Gasteiger partial charge in [-0.05, 0) is 42.9 Å². The van der Waals surface area contributed by atoms with Crippen molar-refractivity contribution in [2.75, 3.05) is 18.1 Å². The first kappa shape index (κ1) is 19.2. The van der Waals surface area contributed by atoms with Gasteiger partial charge >= 0.3 is 12.0 Å². The molecule has 2 amide bonds. The van der Waals surface area contributed by atoms with E-state index in [0.717, 1.165) is 18.4 Å².